The van der Waals surface area contributed by atoms with Crippen LogP contribution in [0.15, 0.2) is 47.4 Å². The number of hydrogen-bond donors (Lipinski definition) is 0. The molecule has 0 aliphatic carbocycles. The molecule has 3 unspecified atom stereocenters. The van der Waals surface area contributed by atoms with E-state index in [1.165, 1.54) is 21.4 Å². The van der Waals surface area contributed by atoms with Crippen molar-refractivity contribution in [3.8, 4) is 0 Å². The van der Waals surface area contributed by atoms with Gasteiger partial charge in [0.1, 0.15) is 17.6 Å². The summed E-state index contributed by atoms with van der Waals surface area (Å²) in [4.78, 5) is 1.50. The molecular weight excluding hydrogens is 417 g/mol. The fraction of sp³-hybridized carbons (Fsp3) is 0.444. The summed E-state index contributed by atoms with van der Waals surface area (Å²) in [5.74, 6) is 2.36. The lowest BCUT2D eigenvalue weighted by atomic mass is 10.1. The second kappa shape index (κ2) is 9.45. The molecule has 28 heavy (non-hydrogen) atoms. The molecule has 0 N–H and O–H groups in total. The normalized spacial score (nSPS) is 21.2. The van der Waals surface area contributed by atoms with Gasteiger partial charge in [0, 0.05) is 29.8 Å². The van der Waals surface area contributed by atoms with E-state index < -0.39 is 15.6 Å². The van der Waals surface area contributed by atoms with Crippen LogP contribution in [-0.4, -0.2) is 49.5 Å². The van der Waals surface area contributed by atoms with E-state index in [1.54, 1.807) is 7.11 Å². The predicted octanol–water partition coefficient (Wildman–Crippen LogP) is 3.65. The summed E-state index contributed by atoms with van der Waals surface area (Å²) < 4.78 is 70.0. The Balaban J connectivity index is 0.000000300. The lowest BCUT2D eigenvalue weighted by Crippen LogP contribution is -2.22. The fourth-order valence-electron chi connectivity index (χ4n) is 2.75. The van der Waals surface area contributed by atoms with Gasteiger partial charge in [0.25, 0.3) is 0 Å². The van der Waals surface area contributed by atoms with E-state index in [0.29, 0.717) is 17.0 Å². The van der Waals surface area contributed by atoms with Gasteiger partial charge >= 0.3 is 5.51 Å². The maximum atomic E-state index is 10.7. The van der Waals surface area contributed by atoms with Gasteiger partial charge in [0.15, 0.2) is 21.3 Å². The second-order valence-electron chi connectivity index (χ2n) is 6.09. The molecule has 1 heterocycles. The van der Waals surface area contributed by atoms with Crippen molar-refractivity contribution in [1.82, 2.24) is 0 Å². The van der Waals surface area contributed by atoms with Gasteiger partial charge in [-0.05, 0) is 24.4 Å². The quantitative estimate of drug-likeness (QED) is 0.315. The van der Waals surface area contributed by atoms with Crippen LogP contribution in [-0.2, 0) is 30.5 Å². The smallest absolute Gasteiger partial charge is 0.485 e. The first-order valence-electron chi connectivity index (χ1n) is 8.38. The molecule has 0 radical (unpaired) electrons. The average Bonchev–Trinajstić information content (AvgIpc) is 3.08. The third-order valence-corrected chi connectivity index (χ3v) is 7.18. The van der Waals surface area contributed by atoms with E-state index in [2.05, 4.69) is 42.5 Å². The van der Waals surface area contributed by atoms with E-state index in [9.17, 15) is 13.2 Å². The molecule has 1 saturated heterocycles. The van der Waals surface area contributed by atoms with Crippen molar-refractivity contribution < 1.29 is 35.6 Å². The summed E-state index contributed by atoms with van der Waals surface area (Å²) in [6, 6.07) is 15.3. The molecule has 3 atom stereocenters. The molecule has 0 spiro atoms. The molecule has 5 nitrogen and oxygen atoms in total. The Bertz CT molecular complexity index is 881. The van der Waals surface area contributed by atoms with Gasteiger partial charge < -0.3 is 14.0 Å². The number of hydrogen-bond acceptors (Lipinski definition) is 5. The molecule has 0 bridgehead atoms. The van der Waals surface area contributed by atoms with Crippen molar-refractivity contribution in [3.63, 3.8) is 0 Å². The highest BCUT2D eigenvalue weighted by atomic mass is 32.2. The third-order valence-electron chi connectivity index (χ3n) is 4.13. The third kappa shape index (κ3) is 6.08. The molecule has 2 aromatic rings. The summed E-state index contributed by atoms with van der Waals surface area (Å²) in [5, 5.41) is 2.74. The van der Waals surface area contributed by atoms with Crippen molar-refractivity contribution in [3.05, 3.63) is 42.5 Å². The molecule has 0 saturated carbocycles. The number of methoxy groups -OCH3 is 1. The molecule has 0 aromatic heterocycles. The van der Waals surface area contributed by atoms with Crippen molar-refractivity contribution >= 4 is 31.8 Å². The van der Waals surface area contributed by atoms with E-state index in [1.807, 2.05) is 6.92 Å². The highest BCUT2D eigenvalue weighted by Crippen LogP contribution is 2.31. The minimum absolute atomic E-state index is 0.101. The van der Waals surface area contributed by atoms with Crippen LogP contribution in [0.1, 0.15) is 13.3 Å². The molecule has 3 rings (SSSR count). The summed E-state index contributed by atoms with van der Waals surface area (Å²) in [5.41, 5.74) is -5.65. The van der Waals surface area contributed by atoms with Crippen molar-refractivity contribution in [1.29, 1.82) is 0 Å². The Morgan fingerprint density at radius 3 is 2.39 bits per heavy atom. The summed E-state index contributed by atoms with van der Waals surface area (Å²) in [6.07, 6.45) is 1.38. The highest BCUT2D eigenvalue weighted by molar-refractivity contribution is 7.97. The number of rotatable bonds is 4. The molecule has 2 aromatic carbocycles. The zero-order valence-electron chi connectivity index (χ0n) is 15.3. The van der Waals surface area contributed by atoms with Gasteiger partial charge in [-0.3, -0.25) is 0 Å². The van der Waals surface area contributed by atoms with Gasteiger partial charge in [-0.25, -0.2) is 8.42 Å². The monoisotopic (exact) mass is 438 g/mol. The predicted molar refractivity (Wildman–Crippen MR) is 101 cm³/mol. The van der Waals surface area contributed by atoms with Crippen molar-refractivity contribution in [2.45, 2.75) is 36.1 Å². The lowest BCUT2D eigenvalue weighted by molar-refractivity contribution is -0.136. The molecule has 1 aliphatic heterocycles. The zero-order valence-corrected chi connectivity index (χ0v) is 16.9. The average molecular weight is 438 g/mol. The standard InChI is InChI=1S/C17H21O2S.CHF3O3S/c1-13(18-2)19-15-10-11-20(12-15)17-9-5-7-14-6-3-4-8-16(14)17;2-1(3,4)8(5,6)7/h3-9,13,15H,10-12H2,1-2H3;(H,5,6,7)/q+1;/p-1. The van der Waals surface area contributed by atoms with E-state index in [4.69, 9.17) is 22.4 Å². The van der Waals surface area contributed by atoms with E-state index in [-0.39, 0.29) is 6.29 Å². The Morgan fingerprint density at radius 1 is 1.18 bits per heavy atom. The largest absolute Gasteiger partial charge is 0.741 e. The Kier molecular flexibility index (Phi) is 7.74. The highest BCUT2D eigenvalue weighted by Gasteiger charge is 2.37. The van der Waals surface area contributed by atoms with Gasteiger partial charge in [-0.1, -0.05) is 30.3 Å². The Morgan fingerprint density at radius 2 is 1.79 bits per heavy atom. The minimum atomic E-state index is -6.09. The first-order chi connectivity index (χ1) is 13.0. The molecular formula is C18H21F3O5S2. The number of halogens is 3. The van der Waals surface area contributed by atoms with Crippen LogP contribution < -0.4 is 0 Å². The summed E-state index contributed by atoms with van der Waals surface area (Å²) in [7, 11) is -4.09. The first kappa shape index (κ1) is 23.0. The topological polar surface area (TPSA) is 75.7 Å². The van der Waals surface area contributed by atoms with Gasteiger partial charge in [0.05, 0.1) is 0 Å². The van der Waals surface area contributed by atoms with Gasteiger partial charge in [-0.2, -0.15) is 13.2 Å². The summed E-state index contributed by atoms with van der Waals surface area (Å²) >= 11 is 0. The van der Waals surface area contributed by atoms with Crippen molar-refractivity contribution in [2.24, 2.45) is 0 Å². The lowest BCUT2D eigenvalue weighted by Gasteiger charge is -2.14. The molecule has 1 aliphatic rings. The van der Waals surface area contributed by atoms with Gasteiger partial charge in [-0.15, -0.1) is 0 Å². The number of alkyl halides is 3. The van der Waals surface area contributed by atoms with Crippen LogP contribution >= 0.6 is 0 Å². The molecule has 156 valence electrons. The van der Waals surface area contributed by atoms with Crippen LogP contribution in [0.4, 0.5) is 13.2 Å². The van der Waals surface area contributed by atoms with Crippen LogP contribution in [0.5, 0.6) is 0 Å². The molecule has 0 amide bonds. The number of fused-ring (bicyclic) bond motifs is 1. The molecule has 10 heteroatoms. The van der Waals surface area contributed by atoms with Crippen LogP contribution in [0.25, 0.3) is 10.8 Å². The van der Waals surface area contributed by atoms with Crippen LogP contribution in [0.2, 0.25) is 0 Å². The van der Waals surface area contributed by atoms with E-state index in [0.717, 1.165) is 12.2 Å². The molecule has 1 fully saturated rings. The van der Waals surface area contributed by atoms with Crippen LogP contribution in [0.3, 0.4) is 0 Å². The number of ether oxygens (including phenoxy) is 2. The zero-order chi connectivity index (χ0) is 20.9. The van der Waals surface area contributed by atoms with E-state index >= 15 is 0 Å². The van der Waals surface area contributed by atoms with Crippen molar-refractivity contribution in [2.75, 3.05) is 18.6 Å². The Hall–Kier alpha value is -1.33. The first-order valence-corrected chi connectivity index (χ1v) is 11.4. The second-order valence-corrected chi connectivity index (χ2v) is 9.63. The maximum absolute atomic E-state index is 10.7. The summed E-state index contributed by atoms with van der Waals surface area (Å²) in [6.45, 7) is 1.97. The SMILES string of the molecule is COC(C)OC1CC[S+](c2cccc3ccccc23)C1.O=S(=O)([O-])C(F)(F)F. The Labute approximate surface area is 164 Å². The number of benzene rings is 2. The maximum Gasteiger partial charge on any atom is 0.485 e. The fourth-order valence-corrected chi connectivity index (χ4v) is 5.32. The van der Waals surface area contributed by atoms with Gasteiger partial charge in [0.2, 0.25) is 0 Å². The minimum Gasteiger partial charge on any atom is -0.741 e. The van der Waals surface area contributed by atoms with Crippen LogP contribution in [0, 0.1) is 0 Å².